The Kier molecular flexibility index (Phi) is 6.59. The molecule has 0 amide bonds. The minimum atomic E-state index is 1.22. The average molecular weight is 559 g/mol. The summed E-state index contributed by atoms with van der Waals surface area (Å²) in [6.07, 6.45) is 0. The van der Waals surface area contributed by atoms with E-state index in [2.05, 4.69) is 182 Å². The minimum absolute atomic E-state index is 1.22. The molecule has 0 aliphatic carbocycles. The fraction of sp³-hybridized carbons (Fsp3) is 0. The van der Waals surface area contributed by atoms with Crippen LogP contribution in [0.4, 0.5) is 0 Å². The van der Waals surface area contributed by atoms with Crippen LogP contribution in [0.1, 0.15) is 0 Å². The second kappa shape index (κ2) is 11.2. The topological polar surface area (TPSA) is 0 Å². The molecule has 206 valence electrons. The molecule has 0 nitrogen and oxygen atoms in total. The molecule has 0 aliphatic rings. The summed E-state index contributed by atoms with van der Waals surface area (Å²) in [7, 11) is 0. The van der Waals surface area contributed by atoms with Gasteiger partial charge in [0.1, 0.15) is 0 Å². The molecule has 0 heteroatoms. The Morgan fingerprint density at radius 1 is 0.182 bits per heavy atom. The van der Waals surface area contributed by atoms with Gasteiger partial charge in [0.2, 0.25) is 0 Å². The van der Waals surface area contributed by atoms with Crippen molar-refractivity contribution in [3.63, 3.8) is 0 Å². The first-order valence-electron chi connectivity index (χ1n) is 15.2. The number of benzene rings is 8. The summed E-state index contributed by atoms with van der Waals surface area (Å²) in [6.45, 7) is 0. The van der Waals surface area contributed by atoms with Crippen molar-refractivity contribution in [2.75, 3.05) is 0 Å². The molecule has 8 aromatic rings. The van der Waals surface area contributed by atoms with Gasteiger partial charge in [-0.2, -0.15) is 0 Å². The normalized spacial score (nSPS) is 11.2. The minimum Gasteiger partial charge on any atom is -0.0622 e. The highest BCUT2D eigenvalue weighted by Crippen LogP contribution is 2.49. The zero-order valence-corrected chi connectivity index (χ0v) is 24.3. The SMILES string of the molecule is c1ccc(-c2ccc(-c3c4ccccc4c(-c4c(-c5ccccc5)cccc4-c4ccccc4)c4ccccc34)cc2)cc1. The van der Waals surface area contributed by atoms with E-state index in [0.717, 1.165) is 0 Å². The van der Waals surface area contributed by atoms with E-state index in [-0.39, 0.29) is 0 Å². The Morgan fingerprint density at radius 2 is 0.523 bits per heavy atom. The molecular formula is C44H30. The quantitative estimate of drug-likeness (QED) is 0.184. The lowest BCUT2D eigenvalue weighted by Gasteiger charge is -2.22. The molecule has 0 aromatic heterocycles. The molecule has 0 heterocycles. The molecule has 0 radical (unpaired) electrons. The predicted octanol–water partition coefficient (Wildman–Crippen LogP) is 12.3. The number of fused-ring (bicyclic) bond motifs is 2. The molecule has 0 N–H and O–H groups in total. The summed E-state index contributed by atoms with van der Waals surface area (Å²) in [6, 6.07) is 65.9. The molecule has 44 heavy (non-hydrogen) atoms. The van der Waals surface area contributed by atoms with E-state index in [1.807, 2.05) is 0 Å². The monoisotopic (exact) mass is 558 g/mol. The fourth-order valence-corrected chi connectivity index (χ4v) is 6.71. The van der Waals surface area contributed by atoms with Crippen LogP contribution in [0.25, 0.3) is 77.2 Å². The number of hydrogen-bond acceptors (Lipinski definition) is 0. The second-order valence-corrected chi connectivity index (χ2v) is 11.2. The molecule has 0 saturated carbocycles. The van der Waals surface area contributed by atoms with Gasteiger partial charge in [-0.3, -0.25) is 0 Å². The van der Waals surface area contributed by atoms with Gasteiger partial charge in [0.05, 0.1) is 0 Å². The van der Waals surface area contributed by atoms with Crippen LogP contribution < -0.4 is 0 Å². The standard InChI is InChI=1S/C44H30/c1-4-15-31(16-5-1)32-27-29-35(30-28-32)42-38-21-10-12-23-40(38)44(41-24-13-11-22-39(41)42)43-36(33-17-6-2-7-18-33)25-14-26-37(43)34-19-8-3-9-20-34/h1-30H. The van der Waals surface area contributed by atoms with E-state index in [1.54, 1.807) is 0 Å². The van der Waals surface area contributed by atoms with Crippen LogP contribution in [0.5, 0.6) is 0 Å². The Labute approximate surface area is 258 Å². The van der Waals surface area contributed by atoms with Crippen molar-refractivity contribution in [1.82, 2.24) is 0 Å². The molecule has 8 aromatic carbocycles. The van der Waals surface area contributed by atoms with Gasteiger partial charge < -0.3 is 0 Å². The largest absolute Gasteiger partial charge is 0.0622 e. The van der Waals surface area contributed by atoms with Crippen LogP contribution in [-0.4, -0.2) is 0 Å². The third-order valence-electron chi connectivity index (χ3n) is 8.70. The summed E-state index contributed by atoms with van der Waals surface area (Å²) in [5.74, 6) is 0. The van der Waals surface area contributed by atoms with Crippen molar-refractivity contribution in [2.24, 2.45) is 0 Å². The van der Waals surface area contributed by atoms with Crippen molar-refractivity contribution in [1.29, 1.82) is 0 Å². The van der Waals surface area contributed by atoms with Gasteiger partial charge in [0.25, 0.3) is 0 Å². The first kappa shape index (κ1) is 25.9. The average Bonchev–Trinajstić information content (AvgIpc) is 3.11. The predicted molar refractivity (Wildman–Crippen MR) is 189 cm³/mol. The van der Waals surface area contributed by atoms with Crippen molar-refractivity contribution in [3.8, 4) is 55.6 Å². The van der Waals surface area contributed by atoms with E-state index in [9.17, 15) is 0 Å². The highest BCUT2D eigenvalue weighted by Gasteiger charge is 2.21. The molecule has 0 fully saturated rings. The molecule has 0 saturated heterocycles. The summed E-state index contributed by atoms with van der Waals surface area (Å²) in [5, 5.41) is 5.04. The summed E-state index contributed by atoms with van der Waals surface area (Å²) < 4.78 is 0. The lowest BCUT2D eigenvalue weighted by molar-refractivity contribution is 1.58. The van der Waals surface area contributed by atoms with Crippen LogP contribution >= 0.6 is 0 Å². The fourth-order valence-electron chi connectivity index (χ4n) is 6.71. The van der Waals surface area contributed by atoms with Crippen LogP contribution in [0.3, 0.4) is 0 Å². The van der Waals surface area contributed by atoms with Gasteiger partial charge in [-0.25, -0.2) is 0 Å². The first-order chi connectivity index (χ1) is 21.9. The van der Waals surface area contributed by atoms with Crippen LogP contribution in [-0.2, 0) is 0 Å². The van der Waals surface area contributed by atoms with Crippen molar-refractivity contribution >= 4 is 21.5 Å². The maximum atomic E-state index is 2.30. The van der Waals surface area contributed by atoms with Gasteiger partial charge in [0, 0.05) is 0 Å². The molecule has 0 bridgehead atoms. The number of hydrogen-bond donors (Lipinski definition) is 0. The van der Waals surface area contributed by atoms with Crippen molar-refractivity contribution in [2.45, 2.75) is 0 Å². The smallest absolute Gasteiger partial charge is 0.00139 e. The van der Waals surface area contributed by atoms with Crippen molar-refractivity contribution in [3.05, 3.63) is 182 Å². The third-order valence-corrected chi connectivity index (χ3v) is 8.70. The highest BCUT2D eigenvalue weighted by molar-refractivity contribution is 6.23. The first-order valence-corrected chi connectivity index (χ1v) is 15.2. The maximum absolute atomic E-state index is 2.30. The van der Waals surface area contributed by atoms with Crippen LogP contribution in [0.2, 0.25) is 0 Å². The molecule has 0 aliphatic heterocycles. The molecular weight excluding hydrogens is 528 g/mol. The van der Waals surface area contributed by atoms with Gasteiger partial charge in [0.15, 0.2) is 0 Å². The summed E-state index contributed by atoms with van der Waals surface area (Å²) in [4.78, 5) is 0. The Hall–Kier alpha value is -5.72. The highest BCUT2D eigenvalue weighted by atomic mass is 14.2. The van der Waals surface area contributed by atoms with Crippen molar-refractivity contribution < 1.29 is 0 Å². The van der Waals surface area contributed by atoms with E-state index in [0.29, 0.717) is 0 Å². The summed E-state index contributed by atoms with van der Waals surface area (Å²) in [5.41, 5.74) is 12.4. The molecule has 0 spiro atoms. The zero-order chi connectivity index (χ0) is 29.3. The second-order valence-electron chi connectivity index (χ2n) is 11.2. The Balaban J connectivity index is 1.46. The lowest BCUT2D eigenvalue weighted by atomic mass is 9.81. The van der Waals surface area contributed by atoms with E-state index < -0.39 is 0 Å². The van der Waals surface area contributed by atoms with Gasteiger partial charge in [-0.1, -0.05) is 182 Å². The summed E-state index contributed by atoms with van der Waals surface area (Å²) >= 11 is 0. The third kappa shape index (κ3) is 4.49. The van der Waals surface area contributed by atoms with E-state index >= 15 is 0 Å². The number of rotatable bonds is 5. The lowest BCUT2D eigenvalue weighted by Crippen LogP contribution is -1.95. The molecule has 0 atom stereocenters. The molecule has 0 unspecified atom stereocenters. The van der Waals surface area contributed by atoms with E-state index in [1.165, 1.54) is 77.2 Å². The zero-order valence-electron chi connectivity index (χ0n) is 24.3. The van der Waals surface area contributed by atoms with Gasteiger partial charge in [-0.15, -0.1) is 0 Å². The van der Waals surface area contributed by atoms with Crippen LogP contribution in [0, 0.1) is 0 Å². The maximum Gasteiger partial charge on any atom is -0.00139 e. The van der Waals surface area contributed by atoms with Gasteiger partial charge >= 0.3 is 0 Å². The van der Waals surface area contributed by atoms with E-state index in [4.69, 9.17) is 0 Å². The van der Waals surface area contributed by atoms with Crippen LogP contribution in [0.15, 0.2) is 182 Å². The van der Waals surface area contributed by atoms with Gasteiger partial charge in [-0.05, 0) is 77.2 Å². The Bertz CT molecular complexity index is 2110. The Morgan fingerprint density at radius 3 is 0.977 bits per heavy atom. The molecule has 8 rings (SSSR count).